The summed E-state index contributed by atoms with van der Waals surface area (Å²) in [4.78, 5) is 5.04. The van der Waals surface area contributed by atoms with Crippen molar-refractivity contribution in [1.29, 1.82) is 0 Å². The third-order valence-electron chi connectivity index (χ3n) is 13.9. The minimum atomic E-state index is -0.0896. The second kappa shape index (κ2) is 13.0. The molecule has 0 bridgehead atoms. The van der Waals surface area contributed by atoms with Crippen LogP contribution in [-0.2, 0) is 0 Å². The van der Waals surface area contributed by atoms with Gasteiger partial charge in [0.15, 0.2) is 0 Å². The lowest BCUT2D eigenvalue weighted by atomic mass is 9.45. The van der Waals surface area contributed by atoms with Crippen LogP contribution in [0.1, 0.15) is 0 Å². The molecular weight excluding hydrogens is 814 g/mol. The molecule has 0 aliphatic carbocycles. The van der Waals surface area contributed by atoms with Crippen LogP contribution >= 0.6 is 22.7 Å². The van der Waals surface area contributed by atoms with Crippen LogP contribution < -0.4 is 20.7 Å². The summed E-state index contributed by atoms with van der Waals surface area (Å²) >= 11 is 3.78. The molecule has 0 amide bonds. The normalized spacial score (nSPS) is 12.9. The summed E-state index contributed by atoms with van der Waals surface area (Å²) in [6.45, 7) is -0.0896. The maximum absolute atomic E-state index is 2.73. The summed E-state index contributed by atoms with van der Waals surface area (Å²) in [5.74, 6) is 0. The SMILES string of the molecule is c1ccc(N(c2ccccc2)c2cc3c4c(c2)N(c2ccc5sc6ccccc6c5c2)c2cc5c(cc2B4n2c4c-3cccc4c3ccc4ccccc4c32)sc2ccccc25)cc1. The molecule has 0 N–H and O–H groups in total. The summed E-state index contributed by atoms with van der Waals surface area (Å²) in [6, 6.07) is 77.3. The third-order valence-corrected chi connectivity index (χ3v) is 16.2. The van der Waals surface area contributed by atoms with Crippen molar-refractivity contribution in [3.05, 3.63) is 206 Å². The van der Waals surface area contributed by atoms with Crippen molar-refractivity contribution in [2.75, 3.05) is 9.80 Å². The number of nitrogens with zero attached hydrogens (tertiary/aromatic N) is 3. The number of anilines is 6. The Kier molecular flexibility index (Phi) is 7.07. The second-order valence-electron chi connectivity index (χ2n) is 17.2. The van der Waals surface area contributed by atoms with Gasteiger partial charge < -0.3 is 14.3 Å². The summed E-state index contributed by atoms with van der Waals surface area (Å²) < 4.78 is 7.97. The van der Waals surface area contributed by atoms with E-state index >= 15 is 0 Å². The average Bonchev–Trinajstić information content (AvgIpc) is 4.02. The van der Waals surface area contributed by atoms with Crippen molar-refractivity contribution in [3.8, 4) is 11.1 Å². The summed E-state index contributed by atoms with van der Waals surface area (Å²) in [7, 11) is 0. The van der Waals surface area contributed by atoms with Crippen LogP contribution in [0.4, 0.5) is 34.1 Å². The molecule has 0 saturated heterocycles. The number of fused-ring (bicyclic) bond motifs is 15. The molecule has 10 aromatic carbocycles. The van der Waals surface area contributed by atoms with Crippen LogP contribution in [0, 0.1) is 0 Å². The number of aromatic nitrogens is 1. The zero-order valence-electron chi connectivity index (χ0n) is 34.4. The van der Waals surface area contributed by atoms with E-state index in [4.69, 9.17) is 0 Å². The Labute approximate surface area is 377 Å². The number of para-hydroxylation sites is 3. The van der Waals surface area contributed by atoms with E-state index in [1.165, 1.54) is 106 Å². The van der Waals surface area contributed by atoms with Crippen molar-refractivity contribution in [2.24, 2.45) is 0 Å². The Morgan fingerprint density at radius 1 is 0.375 bits per heavy atom. The molecule has 15 rings (SSSR count). The van der Waals surface area contributed by atoms with Crippen LogP contribution in [0.5, 0.6) is 0 Å². The third kappa shape index (κ3) is 4.71. The van der Waals surface area contributed by atoms with Crippen molar-refractivity contribution >= 4 is 147 Å². The molecule has 2 aliphatic heterocycles. The molecule has 0 saturated carbocycles. The molecule has 0 unspecified atom stereocenters. The first-order chi connectivity index (χ1) is 31.7. The standard InChI is InChI=1S/C58H34BN3S2/c1-3-15-36(16-4-1)60(37-17-5-2-6-18-37)39-31-48-44-23-13-22-43-45-28-26-35-14-7-8-19-40(35)57(45)62(58(43)44)59-49-34-55-47(42-21-10-12-25-53(42)64-55)33-50(49)61(51(32-39)56(48)59)38-27-29-54-46(30-38)41-20-9-11-24-52(41)63-54/h1-34H. The van der Waals surface area contributed by atoms with E-state index in [0.717, 1.165) is 22.7 Å². The van der Waals surface area contributed by atoms with Crippen LogP contribution in [0.25, 0.3) is 84.0 Å². The van der Waals surface area contributed by atoms with Gasteiger partial charge in [-0.15, -0.1) is 22.7 Å². The molecule has 5 heterocycles. The van der Waals surface area contributed by atoms with Crippen LogP contribution in [0.3, 0.4) is 0 Å². The molecule has 0 atom stereocenters. The number of thiophene rings is 2. The first-order valence-corrected chi connectivity index (χ1v) is 23.6. The largest absolute Gasteiger partial charge is 0.375 e. The van der Waals surface area contributed by atoms with Gasteiger partial charge in [-0.05, 0) is 101 Å². The Morgan fingerprint density at radius 3 is 1.77 bits per heavy atom. The van der Waals surface area contributed by atoms with Gasteiger partial charge in [-0.3, -0.25) is 0 Å². The lowest BCUT2D eigenvalue weighted by Crippen LogP contribution is -2.56. The summed E-state index contributed by atoms with van der Waals surface area (Å²) in [6.07, 6.45) is 0. The average molecular weight is 848 g/mol. The van der Waals surface area contributed by atoms with Crippen molar-refractivity contribution < 1.29 is 0 Å². The zero-order valence-corrected chi connectivity index (χ0v) is 36.0. The number of hydrogen-bond donors (Lipinski definition) is 0. The van der Waals surface area contributed by atoms with Crippen molar-refractivity contribution in [2.45, 2.75) is 0 Å². The fourth-order valence-corrected chi connectivity index (χ4v) is 13.5. The van der Waals surface area contributed by atoms with E-state index in [0.29, 0.717) is 0 Å². The van der Waals surface area contributed by atoms with Crippen LogP contribution in [0.15, 0.2) is 206 Å². The molecule has 3 aromatic heterocycles. The van der Waals surface area contributed by atoms with Gasteiger partial charge in [-0.25, -0.2) is 0 Å². The highest BCUT2D eigenvalue weighted by Gasteiger charge is 2.44. The first-order valence-electron chi connectivity index (χ1n) is 21.9. The van der Waals surface area contributed by atoms with Crippen LogP contribution in [0.2, 0.25) is 0 Å². The minimum absolute atomic E-state index is 0.0896. The minimum Gasteiger partial charge on any atom is -0.375 e. The molecule has 2 aliphatic rings. The van der Waals surface area contributed by atoms with Gasteiger partial charge >= 0.3 is 6.85 Å². The number of benzene rings is 10. The van der Waals surface area contributed by atoms with Crippen molar-refractivity contribution in [1.82, 2.24) is 4.48 Å². The predicted octanol–water partition coefficient (Wildman–Crippen LogP) is 15.6. The Bertz CT molecular complexity index is 4070. The molecule has 0 fully saturated rings. The van der Waals surface area contributed by atoms with Gasteiger partial charge in [0.2, 0.25) is 0 Å². The van der Waals surface area contributed by atoms with Gasteiger partial charge in [-0.2, -0.15) is 0 Å². The fraction of sp³-hybridized carbons (Fsp3) is 0. The highest BCUT2D eigenvalue weighted by Crippen LogP contribution is 2.51. The first kappa shape index (κ1) is 34.9. The quantitative estimate of drug-likeness (QED) is 0.164. The van der Waals surface area contributed by atoms with E-state index in [2.05, 4.69) is 221 Å². The van der Waals surface area contributed by atoms with E-state index in [1.54, 1.807) is 0 Å². The lowest BCUT2D eigenvalue weighted by molar-refractivity contribution is 1.24. The highest BCUT2D eigenvalue weighted by molar-refractivity contribution is 7.26. The number of hydrogen-bond acceptors (Lipinski definition) is 4. The van der Waals surface area contributed by atoms with E-state index < -0.39 is 0 Å². The molecule has 296 valence electrons. The smallest absolute Gasteiger partial charge is 0.333 e. The molecule has 13 aromatic rings. The van der Waals surface area contributed by atoms with Gasteiger partial charge in [0, 0.05) is 107 Å². The van der Waals surface area contributed by atoms with Crippen LogP contribution in [-0.4, -0.2) is 11.3 Å². The van der Waals surface area contributed by atoms with Crippen molar-refractivity contribution in [3.63, 3.8) is 0 Å². The molecule has 3 nitrogen and oxygen atoms in total. The molecular formula is C58H34BN3S2. The zero-order chi connectivity index (χ0) is 41.6. The molecule has 6 heteroatoms. The summed E-state index contributed by atoms with van der Waals surface area (Å²) in [5.41, 5.74) is 14.7. The number of rotatable bonds is 4. The maximum atomic E-state index is 2.73. The topological polar surface area (TPSA) is 11.4 Å². The Morgan fingerprint density at radius 2 is 1.00 bits per heavy atom. The Hall–Kier alpha value is -7.64. The second-order valence-corrected chi connectivity index (χ2v) is 19.4. The van der Waals surface area contributed by atoms with E-state index in [-0.39, 0.29) is 6.85 Å². The fourth-order valence-electron chi connectivity index (χ4n) is 11.3. The monoisotopic (exact) mass is 847 g/mol. The van der Waals surface area contributed by atoms with Gasteiger partial charge in [0.05, 0.1) is 0 Å². The molecule has 64 heavy (non-hydrogen) atoms. The summed E-state index contributed by atoms with van der Waals surface area (Å²) in [5, 5.41) is 10.3. The molecule has 0 radical (unpaired) electrons. The van der Waals surface area contributed by atoms with E-state index in [9.17, 15) is 0 Å². The highest BCUT2D eigenvalue weighted by atomic mass is 32.1. The van der Waals surface area contributed by atoms with Gasteiger partial charge in [0.1, 0.15) is 0 Å². The lowest BCUT2D eigenvalue weighted by Gasteiger charge is -2.41. The van der Waals surface area contributed by atoms with Gasteiger partial charge in [0.25, 0.3) is 0 Å². The Balaban J connectivity index is 1.13. The molecule has 0 spiro atoms. The maximum Gasteiger partial charge on any atom is 0.333 e. The van der Waals surface area contributed by atoms with E-state index in [1.807, 2.05) is 22.7 Å². The predicted molar refractivity (Wildman–Crippen MR) is 278 cm³/mol. The van der Waals surface area contributed by atoms with Gasteiger partial charge in [-0.1, -0.05) is 127 Å².